The molecule has 0 saturated carbocycles. The minimum absolute atomic E-state index is 0.128. The molecule has 0 aliphatic carbocycles. The van der Waals surface area contributed by atoms with Gasteiger partial charge in [-0.3, -0.25) is 4.79 Å². The number of alkyl halides is 3. The number of carbonyl (C=O) groups is 1. The smallest absolute Gasteiger partial charge is 0.433 e. The Morgan fingerprint density at radius 2 is 1.83 bits per heavy atom. The molecule has 6 nitrogen and oxygen atoms in total. The molecule has 1 aromatic carbocycles. The second-order valence-corrected chi connectivity index (χ2v) is 6.30. The number of benzene rings is 1. The minimum Gasteiger partial charge on any atom is -0.505 e. The van der Waals surface area contributed by atoms with Gasteiger partial charge in [-0.15, -0.1) is 0 Å². The van der Waals surface area contributed by atoms with Gasteiger partial charge in [-0.2, -0.15) is 13.2 Å². The molecule has 2 aromatic heterocycles. The number of nitrogens with one attached hydrogen (secondary N) is 1. The second-order valence-electron chi connectivity index (χ2n) is 5.91. The van der Waals surface area contributed by atoms with Gasteiger partial charge in [0, 0.05) is 24.0 Å². The molecule has 2 N–H and O–H groups in total. The Hall–Kier alpha value is -3.33. The Bertz CT molecular complexity index is 1060. The number of rotatable bonds is 4. The van der Waals surface area contributed by atoms with Gasteiger partial charge in [0.2, 0.25) is 0 Å². The maximum Gasteiger partial charge on any atom is 0.433 e. The van der Waals surface area contributed by atoms with Crippen molar-refractivity contribution in [1.82, 2.24) is 9.97 Å². The highest BCUT2D eigenvalue weighted by atomic mass is 35.5. The summed E-state index contributed by atoms with van der Waals surface area (Å²) in [6.07, 6.45) is -3.26. The third kappa shape index (κ3) is 4.94. The molecule has 150 valence electrons. The quantitative estimate of drug-likeness (QED) is 0.563. The third-order valence-corrected chi connectivity index (χ3v) is 3.94. The second kappa shape index (κ2) is 7.96. The molecule has 0 aliphatic rings. The van der Waals surface area contributed by atoms with Gasteiger partial charge >= 0.3 is 6.18 Å². The Kier molecular flexibility index (Phi) is 5.60. The number of aromatic nitrogens is 2. The van der Waals surface area contributed by atoms with Crippen LogP contribution in [-0.4, -0.2) is 21.0 Å². The lowest BCUT2D eigenvalue weighted by Crippen LogP contribution is -2.14. The summed E-state index contributed by atoms with van der Waals surface area (Å²) in [6.45, 7) is 1.63. The van der Waals surface area contributed by atoms with E-state index in [2.05, 4.69) is 15.3 Å². The van der Waals surface area contributed by atoms with Crippen molar-refractivity contribution in [1.29, 1.82) is 0 Å². The number of aryl methyl sites for hydroxylation is 1. The Morgan fingerprint density at radius 3 is 2.48 bits per heavy atom. The molecule has 0 unspecified atom stereocenters. The molecule has 0 spiro atoms. The van der Waals surface area contributed by atoms with Crippen molar-refractivity contribution in [3.63, 3.8) is 0 Å². The van der Waals surface area contributed by atoms with Crippen molar-refractivity contribution in [3.05, 3.63) is 70.8 Å². The van der Waals surface area contributed by atoms with Crippen molar-refractivity contribution in [3.8, 4) is 17.2 Å². The first-order chi connectivity index (χ1) is 13.6. The summed E-state index contributed by atoms with van der Waals surface area (Å²) in [4.78, 5) is 19.3. The maximum atomic E-state index is 12.8. The summed E-state index contributed by atoms with van der Waals surface area (Å²) in [5.74, 6) is -0.756. The molecular formula is C19H13ClF3N3O3. The van der Waals surface area contributed by atoms with E-state index in [-0.39, 0.29) is 28.1 Å². The van der Waals surface area contributed by atoms with E-state index in [0.717, 1.165) is 12.1 Å². The normalized spacial score (nSPS) is 11.2. The molecule has 0 fully saturated rings. The van der Waals surface area contributed by atoms with Crippen molar-refractivity contribution in [2.45, 2.75) is 13.1 Å². The Balaban J connectivity index is 1.73. The topological polar surface area (TPSA) is 84.3 Å². The van der Waals surface area contributed by atoms with Crippen LogP contribution in [0.3, 0.4) is 0 Å². The lowest BCUT2D eigenvalue weighted by molar-refractivity contribution is -0.141. The van der Waals surface area contributed by atoms with Crippen LogP contribution in [0, 0.1) is 6.92 Å². The highest BCUT2D eigenvalue weighted by Gasteiger charge is 2.33. The first-order valence-electron chi connectivity index (χ1n) is 8.12. The number of aromatic hydroxyl groups is 1. The van der Waals surface area contributed by atoms with Crippen LogP contribution in [0.25, 0.3) is 0 Å². The predicted molar refractivity (Wildman–Crippen MR) is 99.4 cm³/mol. The van der Waals surface area contributed by atoms with Crippen LogP contribution in [0.15, 0.2) is 48.7 Å². The molecule has 0 atom stereocenters. The zero-order valence-electron chi connectivity index (χ0n) is 14.8. The average Bonchev–Trinajstić information content (AvgIpc) is 2.64. The van der Waals surface area contributed by atoms with E-state index >= 15 is 0 Å². The molecule has 0 bridgehead atoms. The van der Waals surface area contributed by atoms with Crippen LogP contribution in [-0.2, 0) is 6.18 Å². The van der Waals surface area contributed by atoms with Gasteiger partial charge in [-0.05, 0) is 42.8 Å². The van der Waals surface area contributed by atoms with Gasteiger partial charge in [-0.1, -0.05) is 11.6 Å². The number of ether oxygens (including phenoxy) is 1. The summed E-state index contributed by atoms with van der Waals surface area (Å²) >= 11 is 5.62. The summed E-state index contributed by atoms with van der Waals surface area (Å²) in [7, 11) is 0. The number of carbonyl (C=O) groups excluding carboxylic acids is 1. The fourth-order valence-electron chi connectivity index (χ4n) is 2.33. The van der Waals surface area contributed by atoms with Gasteiger partial charge < -0.3 is 15.2 Å². The molecular weight excluding hydrogens is 411 g/mol. The first kappa shape index (κ1) is 20.4. The molecule has 3 aromatic rings. The van der Waals surface area contributed by atoms with E-state index in [1.54, 1.807) is 13.0 Å². The highest BCUT2D eigenvalue weighted by molar-refractivity contribution is 6.29. The fraction of sp³-hybridized carbons (Fsp3) is 0.105. The van der Waals surface area contributed by atoms with E-state index in [1.807, 2.05) is 0 Å². The van der Waals surface area contributed by atoms with Crippen molar-refractivity contribution >= 4 is 23.2 Å². The Labute approximate surface area is 167 Å². The molecule has 0 aliphatic heterocycles. The lowest BCUT2D eigenvalue weighted by atomic mass is 10.2. The van der Waals surface area contributed by atoms with Crippen LogP contribution in [0.2, 0.25) is 5.15 Å². The van der Waals surface area contributed by atoms with Gasteiger partial charge in [0.1, 0.15) is 28.1 Å². The summed E-state index contributed by atoms with van der Waals surface area (Å²) in [6, 6.07) is 9.29. The van der Waals surface area contributed by atoms with Crippen LogP contribution in [0.1, 0.15) is 21.7 Å². The number of amides is 1. The third-order valence-electron chi connectivity index (χ3n) is 3.75. The number of hydrogen-bond donors (Lipinski definition) is 2. The summed E-state index contributed by atoms with van der Waals surface area (Å²) < 4.78 is 43.8. The highest BCUT2D eigenvalue weighted by Crippen LogP contribution is 2.33. The van der Waals surface area contributed by atoms with E-state index in [1.165, 1.54) is 30.5 Å². The zero-order valence-corrected chi connectivity index (χ0v) is 15.5. The van der Waals surface area contributed by atoms with Gasteiger partial charge in [0.25, 0.3) is 5.91 Å². The molecule has 0 saturated heterocycles. The van der Waals surface area contributed by atoms with Crippen LogP contribution < -0.4 is 10.1 Å². The molecule has 1 amide bonds. The summed E-state index contributed by atoms with van der Waals surface area (Å²) in [5.41, 5.74) is -0.428. The van der Waals surface area contributed by atoms with Crippen LogP contribution in [0.5, 0.6) is 17.2 Å². The van der Waals surface area contributed by atoms with Crippen molar-refractivity contribution in [2.24, 2.45) is 0 Å². The monoisotopic (exact) mass is 423 g/mol. The predicted octanol–water partition coefficient (Wildman–Crippen LogP) is 5.21. The van der Waals surface area contributed by atoms with Crippen LogP contribution in [0.4, 0.5) is 18.9 Å². The maximum absolute atomic E-state index is 12.8. The fourth-order valence-corrected chi connectivity index (χ4v) is 2.53. The minimum atomic E-state index is -4.66. The van der Waals surface area contributed by atoms with Gasteiger partial charge in [-0.25, -0.2) is 9.97 Å². The zero-order chi connectivity index (χ0) is 21.2. The molecule has 29 heavy (non-hydrogen) atoms. The van der Waals surface area contributed by atoms with E-state index < -0.39 is 17.8 Å². The standard InChI is InChI=1S/C19H13ClF3N3O3/c1-10-6-7-24-16(17(10)27)18(28)25-11-2-4-12(5-3-11)29-13-8-14(19(21,22)23)26-15(20)9-13/h2-9,27H,1H3,(H,25,28). The van der Waals surface area contributed by atoms with E-state index in [0.29, 0.717) is 11.3 Å². The van der Waals surface area contributed by atoms with E-state index in [4.69, 9.17) is 16.3 Å². The van der Waals surface area contributed by atoms with Crippen molar-refractivity contribution in [2.75, 3.05) is 5.32 Å². The average molecular weight is 424 g/mol. The number of anilines is 1. The lowest BCUT2D eigenvalue weighted by Gasteiger charge is -2.11. The number of halogens is 4. The molecule has 3 rings (SSSR count). The van der Waals surface area contributed by atoms with Crippen molar-refractivity contribution < 1.29 is 27.8 Å². The number of pyridine rings is 2. The summed E-state index contributed by atoms with van der Waals surface area (Å²) in [5, 5.41) is 12.1. The number of hydrogen-bond acceptors (Lipinski definition) is 5. The molecule has 0 radical (unpaired) electrons. The molecule has 2 heterocycles. The van der Waals surface area contributed by atoms with Gasteiger partial charge in [0.05, 0.1) is 0 Å². The van der Waals surface area contributed by atoms with Gasteiger partial charge in [0.15, 0.2) is 5.69 Å². The Morgan fingerprint density at radius 1 is 1.14 bits per heavy atom. The van der Waals surface area contributed by atoms with E-state index in [9.17, 15) is 23.1 Å². The largest absolute Gasteiger partial charge is 0.505 e. The molecule has 10 heteroatoms. The first-order valence-corrected chi connectivity index (χ1v) is 8.50. The SMILES string of the molecule is Cc1ccnc(C(=O)Nc2ccc(Oc3cc(Cl)nc(C(F)(F)F)c3)cc2)c1O. The van der Waals surface area contributed by atoms with Crippen LogP contribution >= 0.6 is 11.6 Å². The number of nitrogens with zero attached hydrogens (tertiary/aromatic N) is 2.